The van der Waals surface area contributed by atoms with Gasteiger partial charge in [-0.1, -0.05) is 19.3 Å². The molecule has 6 heteroatoms. The maximum Gasteiger partial charge on any atom is 0.225 e. The third-order valence-corrected chi connectivity index (χ3v) is 4.71. The van der Waals surface area contributed by atoms with Gasteiger partial charge in [-0.05, 0) is 19.8 Å². The normalized spacial score (nSPS) is 25.2. The van der Waals surface area contributed by atoms with E-state index in [4.69, 9.17) is 4.74 Å². The van der Waals surface area contributed by atoms with Crippen LogP contribution in [0.25, 0.3) is 0 Å². The first kappa shape index (κ1) is 15.5. The Kier molecular flexibility index (Phi) is 4.49. The summed E-state index contributed by atoms with van der Waals surface area (Å²) in [5, 5.41) is 10.6. The maximum absolute atomic E-state index is 12.5. The van der Waals surface area contributed by atoms with Gasteiger partial charge in [0.05, 0.1) is 25.2 Å². The molecule has 0 radical (unpaired) electrons. The first-order valence-corrected chi connectivity index (χ1v) is 8.19. The number of aryl methyl sites for hydroxylation is 1. The number of nitrogens with one attached hydrogen (secondary N) is 1. The van der Waals surface area contributed by atoms with Crippen LogP contribution in [-0.2, 0) is 9.53 Å². The number of imidazole rings is 1. The van der Waals surface area contributed by atoms with Crippen molar-refractivity contribution in [1.29, 1.82) is 0 Å². The predicted octanol–water partition coefficient (Wildman–Crippen LogP) is 1.70. The number of nitrogens with zero attached hydrogens (tertiary/aromatic N) is 2. The number of morpholine rings is 1. The molecule has 1 unspecified atom stereocenters. The predicted molar refractivity (Wildman–Crippen MR) is 81.2 cm³/mol. The molecule has 0 aromatic carbocycles. The van der Waals surface area contributed by atoms with Crippen LogP contribution in [0.5, 0.6) is 0 Å². The Hall–Kier alpha value is -1.40. The molecule has 1 aliphatic carbocycles. The van der Waals surface area contributed by atoms with Crippen LogP contribution in [-0.4, -0.2) is 51.2 Å². The van der Waals surface area contributed by atoms with E-state index in [1.54, 1.807) is 11.1 Å². The molecule has 122 valence electrons. The summed E-state index contributed by atoms with van der Waals surface area (Å²) in [7, 11) is 0. The van der Waals surface area contributed by atoms with Crippen molar-refractivity contribution in [1.82, 2.24) is 14.9 Å². The second-order valence-corrected chi connectivity index (χ2v) is 6.61. The molecule has 2 heterocycles. The van der Waals surface area contributed by atoms with Crippen LogP contribution in [0, 0.1) is 6.92 Å². The van der Waals surface area contributed by atoms with Crippen LogP contribution in [0.3, 0.4) is 0 Å². The first-order chi connectivity index (χ1) is 10.6. The fourth-order valence-corrected chi connectivity index (χ4v) is 3.42. The molecule has 1 saturated carbocycles. The number of ether oxygens (including phenoxy) is 1. The van der Waals surface area contributed by atoms with Crippen LogP contribution in [0.4, 0.5) is 0 Å². The van der Waals surface area contributed by atoms with E-state index in [1.807, 2.05) is 6.92 Å². The van der Waals surface area contributed by atoms with E-state index in [9.17, 15) is 9.90 Å². The Balaban J connectivity index is 1.60. The SMILES string of the molecule is Cc1cnc(C2CN(C(=O)CC3(O)CCCCC3)CCO2)[nH]1. The third-order valence-electron chi connectivity index (χ3n) is 4.71. The lowest BCUT2D eigenvalue weighted by molar-refractivity contribution is -0.145. The Morgan fingerprint density at radius 3 is 2.95 bits per heavy atom. The highest BCUT2D eigenvalue weighted by atomic mass is 16.5. The number of aromatic nitrogens is 2. The number of H-pyrrole nitrogens is 1. The lowest BCUT2D eigenvalue weighted by atomic mass is 9.82. The van der Waals surface area contributed by atoms with Gasteiger partial charge in [-0.15, -0.1) is 0 Å². The number of aromatic amines is 1. The molecule has 22 heavy (non-hydrogen) atoms. The summed E-state index contributed by atoms with van der Waals surface area (Å²) in [5.74, 6) is 0.798. The minimum atomic E-state index is -0.801. The summed E-state index contributed by atoms with van der Waals surface area (Å²) in [6.45, 7) is 3.54. The number of carbonyl (C=O) groups is 1. The summed E-state index contributed by atoms with van der Waals surface area (Å²) in [6.07, 6.45) is 6.47. The molecule has 0 spiro atoms. The van der Waals surface area contributed by atoms with Crippen molar-refractivity contribution in [2.24, 2.45) is 0 Å². The van der Waals surface area contributed by atoms with Gasteiger partial charge < -0.3 is 19.7 Å². The van der Waals surface area contributed by atoms with Crippen molar-refractivity contribution in [3.8, 4) is 0 Å². The molecular formula is C16H25N3O3. The Morgan fingerprint density at radius 1 is 1.50 bits per heavy atom. The van der Waals surface area contributed by atoms with Gasteiger partial charge in [-0.25, -0.2) is 4.98 Å². The number of hydrogen-bond acceptors (Lipinski definition) is 4. The van der Waals surface area contributed by atoms with E-state index < -0.39 is 5.60 Å². The second kappa shape index (κ2) is 6.38. The van der Waals surface area contributed by atoms with Crippen molar-refractivity contribution < 1.29 is 14.6 Å². The molecule has 1 aromatic rings. The van der Waals surface area contributed by atoms with Gasteiger partial charge in [0.15, 0.2) is 0 Å². The van der Waals surface area contributed by atoms with Crippen molar-refractivity contribution in [3.05, 3.63) is 17.7 Å². The summed E-state index contributed by atoms with van der Waals surface area (Å²) in [4.78, 5) is 21.8. The lowest BCUT2D eigenvalue weighted by Gasteiger charge is -2.36. The molecule has 1 aliphatic heterocycles. The summed E-state index contributed by atoms with van der Waals surface area (Å²) >= 11 is 0. The van der Waals surface area contributed by atoms with E-state index in [2.05, 4.69) is 9.97 Å². The largest absolute Gasteiger partial charge is 0.389 e. The van der Waals surface area contributed by atoms with Gasteiger partial charge >= 0.3 is 0 Å². The zero-order chi connectivity index (χ0) is 15.6. The standard InChI is InChI=1S/C16H25N3O3/c1-12-10-17-15(18-12)13-11-19(7-8-22-13)14(20)9-16(21)5-3-2-4-6-16/h10,13,21H,2-9,11H2,1H3,(H,17,18). The highest BCUT2D eigenvalue weighted by molar-refractivity contribution is 5.77. The lowest BCUT2D eigenvalue weighted by Crippen LogP contribution is -2.46. The molecule has 6 nitrogen and oxygen atoms in total. The minimum absolute atomic E-state index is 0.0287. The van der Waals surface area contributed by atoms with Gasteiger partial charge in [0.1, 0.15) is 11.9 Å². The van der Waals surface area contributed by atoms with E-state index in [1.165, 1.54) is 0 Å². The summed E-state index contributed by atoms with van der Waals surface area (Å²) in [6, 6.07) is 0. The van der Waals surface area contributed by atoms with Crippen LogP contribution < -0.4 is 0 Å². The fraction of sp³-hybridized carbons (Fsp3) is 0.750. The minimum Gasteiger partial charge on any atom is -0.389 e. The third kappa shape index (κ3) is 3.50. The molecule has 1 aromatic heterocycles. The van der Waals surface area contributed by atoms with Crippen LogP contribution in [0.2, 0.25) is 0 Å². The number of amides is 1. The zero-order valence-corrected chi connectivity index (χ0v) is 13.2. The van der Waals surface area contributed by atoms with E-state index in [-0.39, 0.29) is 18.4 Å². The monoisotopic (exact) mass is 307 g/mol. The average Bonchev–Trinajstić information content (AvgIpc) is 2.94. The quantitative estimate of drug-likeness (QED) is 0.891. The summed E-state index contributed by atoms with van der Waals surface area (Å²) < 4.78 is 5.72. The highest BCUT2D eigenvalue weighted by Crippen LogP contribution is 2.32. The number of rotatable bonds is 3. The van der Waals surface area contributed by atoms with E-state index >= 15 is 0 Å². The van der Waals surface area contributed by atoms with Crippen molar-refractivity contribution >= 4 is 5.91 Å². The van der Waals surface area contributed by atoms with Gasteiger partial charge in [0.25, 0.3) is 0 Å². The average molecular weight is 307 g/mol. The molecule has 0 bridgehead atoms. The molecule has 2 aliphatic rings. The van der Waals surface area contributed by atoms with Crippen LogP contribution >= 0.6 is 0 Å². The molecular weight excluding hydrogens is 282 g/mol. The molecule has 2 fully saturated rings. The van der Waals surface area contributed by atoms with Gasteiger partial charge in [0.2, 0.25) is 5.91 Å². The van der Waals surface area contributed by atoms with E-state index in [0.29, 0.717) is 19.7 Å². The van der Waals surface area contributed by atoms with Crippen LogP contribution in [0.1, 0.15) is 56.1 Å². The second-order valence-electron chi connectivity index (χ2n) is 6.61. The Labute approximate surface area is 130 Å². The molecule has 1 saturated heterocycles. The number of hydrogen-bond donors (Lipinski definition) is 2. The number of aliphatic hydroxyl groups is 1. The van der Waals surface area contributed by atoms with E-state index in [0.717, 1.165) is 43.6 Å². The smallest absolute Gasteiger partial charge is 0.225 e. The first-order valence-electron chi connectivity index (χ1n) is 8.19. The molecule has 1 atom stereocenters. The fourth-order valence-electron chi connectivity index (χ4n) is 3.42. The van der Waals surface area contributed by atoms with Gasteiger partial charge in [-0.3, -0.25) is 4.79 Å². The van der Waals surface area contributed by atoms with Gasteiger partial charge in [0, 0.05) is 18.4 Å². The zero-order valence-electron chi connectivity index (χ0n) is 13.2. The molecule has 2 N–H and O–H groups in total. The van der Waals surface area contributed by atoms with Crippen molar-refractivity contribution in [2.45, 2.75) is 57.2 Å². The Morgan fingerprint density at radius 2 is 2.27 bits per heavy atom. The van der Waals surface area contributed by atoms with Crippen molar-refractivity contribution in [3.63, 3.8) is 0 Å². The van der Waals surface area contributed by atoms with Crippen LogP contribution in [0.15, 0.2) is 6.20 Å². The summed E-state index contributed by atoms with van der Waals surface area (Å²) in [5.41, 5.74) is 0.184. The number of carbonyl (C=O) groups excluding carboxylic acids is 1. The highest BCUT2D eigenvalue weighted by Gasteiger charge is 2.35. The molecule has 3 rings (SSSR count). The topological polar surface area (TPSA) is 78.5 Å². The molecule has 1 amide bonds. The van der Waals surface area contributed by atoms with Crippen molar-refractivity contribution in [2.75, 3.05) is 19.7 Å². The Bertz CT molecular complexity index is 522. The maximum atomic E-state index is 12.5. The van der Waals surface area contributed by atoms with Gasteiger partial charge in [-0.2, -0.15) is 0 Å².